The van der Waals surface area contributed by atoms with Crippen LogP contribution in [0, 0.1) is 6.92 Å². The normalized spacial score (nSPS) is 18.5. The lowest BCUT2D eigenvalue weighted by Crippen LogP contribution is -2.38. The minimum Gasteiger partial charge on any atom is -0.374 e. The molecule has 31 heavy (non-hydrogen) atoms. The van der Waals surface area contributed by atoms with E-state index >= 15 is 0 Å². The Labute approximate surface area is 194 Å². The molecule has 1 saturated heterocycles. The summed E-state index contributed by atoms with van der Waals surface area (Å²) in [5.41, 5.74) is 1.55. The highest BCUT2D eigenvalue weighted by Gasteiger charge is 2.35. The Morgan fingerprint density at radius 3 is 2.81 bits per heavy atom. The maximum absolute atomic E-state index is 13.3. The molecule has 7 nitrogen and oxygen atoms in total. The van der Waals surface area contributed by atoms with E-state index in [1.807, 2.05) is 19.2 Å². The van der Waals surface area contributed by atoms with E-state index in [1.54, 1.807) is 42.8 Å². The molecule has 164 valence electrons. The van der Waals surface area contributed by atoms with Crippen molar-refractivity contribution in [2.24, 2.45) is 7.05 Å². The van der Waals surface area contributed by atoms with Gasteiger partial charge < -0.3 is 15.0 Å². The fourth-order valence-electron chi connectivity index (χ4n) is 3.80. The summed E-state index contributed by atoms with van der Waals surface area (Å²) in [4.78, 5) is 24.5. The molecule has 1 fully saturated rings. The van der Waals surface area contributed by atoms with Crippen molar-refractivity contribution in [2.75, 3.05) is 29.9 Å². The first-order valence-corrected chi connectivity index (χ1v) is 11.6. The number of hydrogen-bond acceptors (Lipinski definition) is 7. The molecule has 4 rings (SSSR count). The number of nitrogens with zero attached hydrogens (tertiary/aromatic N) is 4. The summed E-state index contributed by atoms with van der Waals surface area (Å²) in [5.74, 6) is 0.493. The van der Waals surface area contributed by atoms with E-state index in [1.165, 1.54) is 4.57 Å². The number of hydrogen-bond donors (Lipinski definition) is 1. The molecule has 2 aromatic heterocycles. The average Bonchev–Trinajstić information content (AvgIpc) is 3.39. The summed E-state index contributed by atoms with van der Waals surface area (Å²) in [6, 6.07) is 5.08. The van der Waals surface area contributed by atoms with E-state index in [-0.39, 0.29) is 17.7 Å². The molecule has 0 radical (unpaired) electrons. The largest absolute Gasteiger partial charge is 0.374 e. The molecule has 3 heterocycles. The van der Waals surface area contributed by atoms with E-state index in [0.717, 1.165) is 5.13 Å². The number of nitrogens with one attached hydrogen (secondary N) is 1. The zero-order chi connectivity index (χ0) is 22.1. The maximum atomic E-state index is 13.3. The van der Waals surface area contributed by atoms with Gasteiger partial charge in [-0.2, -0.15) is 0 Å². The quantitative estimate of drug-likeness (QED) is 0.570. The van der Waals surface area contributed by atoms with Crippen LogP contribution in [0.4, 0.5) is 10.8 Å². The van der Waals surface area contributed by atoms with Crippen molar-refractivity contribution in [1.82, 2.24) is 14.5 Å². The van der Waals surface area contributed by atoms with Crippen LogP contribution in [0.1, 0.15) is 12.6 Å². The minimum absolute atomic E-state index is 0.0663. The van der Waals surface area contributed by atoms with E-state index in [2.05, 4.69) is 20.2 Å². The smallest absolute Gasteiger partial charge is 0.277 e. The van der Waals surface area contributed by atoms with Crippen LogP contribution in [0.15, 0.2) is 34.6 Å². The van der Waals surface area contributed by atoms with Gasteiger partial charge >= 0.3 is 0 Å². The fourth-order valence-corrected chi connectivity index (χ4v) is 4.95. The summed E-state index contributed by atoms with van der Waals surface area (Å²) >= 11 is 14.0. The van der Waals surface area contributed by atoms with E-state index in [4.69, 9.17) is 27.9 Å². The van der Waals surface area contributed by atoms with Crippen molar-refractivity contribution in [3.63, 3.8) is 0 Å². The second kappa shape index (κ2) is 9.16. The molecular formula is C21H23Cl2N5O2S. The molecular weight excluding hydrogens is 457 g/mol. The Morgan fingerprint density at radius 2 is 2.13 bits per heavy atom. The lowest BCUT2D eigenvalue weighted by atomic mass is 10.1. The molecule has 0 aliphatic carbocycles. The lowest BCUT2D eigenvalue weighted by Gasteiger charge is -2.22. The van der Waals surface area contributed by atoms with Crippen LogP contribution in [0.5, 0.6) is 0 Å². The number of halogens is 2. The van der Waals surface area contributed by atoms with Gasteiger partial charge in [-0.05, 0) is 32.0 Å². The van der Waals surface area contributed by atoms with Gasteiger partial charge in [0.25, 0.3) is 5.56 Å². The standard InChI is InChI=1S/C21H23Cl2N5O2S/c1-4-30-17-11-28(21-24-7-8-31-21)10-16(17)26-18-12(2)25-19(27(3)20(18)29)14-6-5-13(22)9-15(14)23/h5-9,16-17,26H,4,10-11H2,1-3H3/t16?,17-/m0/s1. The van der Waals surface area contributed by atoms with Crippen molar-refractivity contribution in [2.45, 2.75) is 26.0 Å². The molecule has 1 aliphatic rings. The predicted octanol–water partition coefficient (Wildman–Crippen LogP) is 4.22. The van der Waals surface area contributed by atoms with Crippen molar-refractivity contribution < 1.29 is 4.74 Å². The van der Waals surface area contributed by atoms with Gasteiger partial charge in [-0.15, -0.1) is 11.3 Å². The second-order valence-electron chi connectivity index (χ2n) is 7.35. The Morgan fingerprint density at radius 1 is 1.32 bits per heavy atom. The Bertz CT molecular complexity index is 1140. The van der Waals surface area contributed by atoms with Crippen LogP contribution in [0.2, 0.25) is 10.0 Å². The SMILES string of the molecule is CCO[C@H]1CN(c2nccs2)CC1Nc1c(C)nc(-c2ccc(Cl)cc2Cl)n(C)c1=O. The van der Waals surface area contributed by atoms with Crippen LogP contribution in [-0.4, -0.2) is 46.4 Å². The predicted molar refractivity (Wildman–Crippen MR) is 127 cm³/mol. The molecule has 0 bridgehead atoms. The first-order valence-electron chi connectivity index (χ1n) is 9.94. The number of rotatable bonds is 6. The number of anilines is 2. The highest BCUT2D eigenvalue weighted by atomic mass is 35.5. The Balaban J connectivity index is 1.65. The van der Waals surface area contributed by atoms with Crippen LogP contribution >= 0.6 is 34.5 Å². The molecule has 0 saturated carbocycles. The van der Waals surface area contributed by atoms with E-state index in [0.29, 0.717) is 52.5 Å². The summed E-state index contributed by atoms with van der Waals surface area (Å²) in [7, 11) is 1.69. The van der Waals surface area contributed by atoms with Crippen LogP contribution < -0.4 is 15.8 Å². The van der Waals surface area contributed by atoms with E-state index in [9.17, 15) is 4.79 Å². The molecule has 0 spiro atoms. The molecule has 1 aliphatic heterocycles. The maximum Gasteiger partial charge on any atom is 0.277 e. The van der Waals surface area contributed by atoms with Crippen molar-refractivity contribution in [1.29, 1.82) is 0 Å². The van der Waals surface area contributed by atoms with Gasteiger partial charge in [0.2, 0.25) is 0 Å². The molecule has 2 atom stereocenters. The van der Waals surface area contributed by atoms with E-state index < -0.39 is 0 Å². The third-order valence-corrected chi connectivity index (χ3v) is 6.69. The fraction of sp³-hybridized carbons (Fsp3) is 0.381. The summed E-state index contributed by atoms with van der Waals surface area (Å²) in [6.45, 7) is 5.79. The van der Waals surface area contributed by atoms with Gasteiger partial charge in [-0.25, -0.2) is 9.97 Å². The van der Waals surface area contributed by atoms with Gasteiger partial charge in [0.05, 0.1) is 22.9 Å². The zero-order valence-corrected chi connectivity index (χ0v) is 19.8. The van der Waals surface area contributed by atoms with Crippen molar-refractivity contribution >= 4 is 45.4 Å². The third-order valence-electron chi connectivity index (χ3n) is 5.31. The molecule has 1 aromatic carbocycles. The average molecular weight is 480 g/mol. The minimum atomic E-state index is -0.170. The topological polar surface area (TPSA) is 72.3 Å². The van der Waals surface area contributed by atoms with Crippen molar-refractivity contribution in [3.05, 3.63) is 55.9 Å². The molecule has 3 aromatic rings. The number of aryl methyl sites for hydroxylation is 1. The number of aromatic nitrogens is 3. The number of thiazole rings is 1. The number of benzene rings is 1. The van der Waals surface area contributed by atoms with Gasteiger partial charge in [-0.3, -0.25) is 9.36 Å². The lowest BCUT2D eigenvalue weighted by molar-refractivity contribution is 0.0720. The van der Waals surface area contributed by atoms with Crippen molar-refractivity contribution in [3.8, 4) is 11.4 Å². The monoisotopic (exact) mass is 479 g/mol. The summed E-state index contributed by atoms with van der Waals surface area (Å²) in [5, 5.41) is 7.29. The Hall–Kier alpha value is -2.13. The van der Waals surface area contributed by atoms with Gasteiger partial charge in [0.1, 0.15) is 11.5 Å². The highest BCUT2D eigenvalue weighted by molar-refractivity contribution is 7.13. The van der Waals surface area contributed by atoms with Crippen LogP contribution in [0.3, 0.4) is 0 Å². The first-order chi connectivity index (χ1) is 14.9. The molecule has 1 N–H and O–H groups in total. The van der Waals surface area contributed by atoms with Crippen LogP contribution in [0.25, 0.3) is 11.4 Å². The van der Waals surface area contributed by atoms with Gasteiger partial charge in [0, 0.05) is 48.9 Å². The van der Waals surface area contributed by atoms with Gasteiger partial charge in [0.15, 0.2) is 5.13 Å². The first kappa shape index (κ1) is 22.1. The van der Waals surface area contributed by atoms with Gasteiger partial charge in [-0.1, -0.05) is 23.2 Å². The summed E-state index contributed by atoms with van der Waals surface area (Å²) in [6.07, 6.45) is 1.73. The second-order valence-corrected chi connectivity index (χ2v) is 9.07. The highest BCUT2D eigenvalue weighted by Crippen LogP contribution is 2.30. The molecule has 1 unspecified atom stereocenters. The zero-order valence-electron chi connectivity index (χ0n) is 17.4. The number of ether oxygens (including phenoxy) is 1. The summed E-state index contributed by atoms with van der Waals surface area (Å²) < 4.78 is 7.47. The molecule has 10 heteroatoms. The van der Waals surface area contributed by atoms with Crippen LogP contribution in [-0.2, 0) is 11.8 Å². The Kier molecular flexibility index (Phi) is 6.52. The third kappa shape index (κ3) is 4.43. The molecule has 0 amide bonds.